The van der Waals surface area contributed by atoms with Crippen molar-refractivity contribution >= 4 is 28.6 Å². The molecule has 0 radical (unpaired) electrons. The number of hydrogen-bond acceptors (Lipinski definition) is 5. The second-order valence-electron chi connectivity index (χ2n) is 3.40. The van der Waals surface area contributed by atoms with E-state index in [1.807, 2.05) is 5.38 Å². The van der Waals surface area contributed by atoms with Crippen LogP contribution in [-0.4, -0.2) is 9.91 Å². The first kappa shape index (κ1) is 12.8. The van der Waals surface area contributed by atoms with E-state index < -0.39 is 4.92 Å². The predicted molar refractivity (Wildman–Crippen MR) is 69.1 cm³/mol. The van der Waals surface area contributed by atoms with Gasteiger partial charge in [0.15, 0.2) is 0 Å². The summed E-state index contributed by atoms with van der Waals surface area (Å²) in [4.78, 5) is 14.3. The second-order valence-corrected chi connectivity index (χ2v) is 4.64. The Hall–Kier alpha value is -1.66. The van der Waals surface area contributed by atoms with Crippen LogP contribution >= 0.6 is 22.9 Å². The molecule has 0 aliphatic rings. The van der Waals surface area contributed by atoms with Gasteiger partial charge in [0, 0.05) is 29.3 Å². The first-order valence-electron chi connectivity index (χ1n) is 5.05. The summed E-state index contributed by atoms with van der Waals surface area (Å²) in [6.45, 7) is 0.333. The number of benzene rings is 1. The second kappa shape index (κ2) is 5.79. The van der Waals surface area contributed by atoms with Crippen molar-refractivity contribution in [3.05, 3.63) is 50.5 Å². The van der Waals surface area contributed by atoms with Crippen molar-refractivity contribution in [2.45, 2.75) is 12.5 Å². The fourth-order valence-corrected chi connectivity index (χ4v) is 2.12. The van der Waals surface area contributed by atoms with Crippen molar-refractivity contribution in [1.82, 2.24) is 4.98 Å². The summed E-state index contributed by atoms with van der Waals surface area (Å²) in [5, 5.41) is 13.3. The number of aromatic nitrogens is 1. The third-order valence-electron chi connectivity index (χ3n) is 2.23. The summed E-state index contributed by atoms with van der Waals surface area (Å²) < 4.78 is 5.55. The number of ether oxygens (including phenoxy) is 1. The van der Waals surface area contributed by atoms with Crippen LogP contribution in [0.3, 0.4) is 0 Å². The Morgan fingerprint density at radius 2 is 2.33 bits per heavy atom. The summed E-state index contributed by atoms with van der Waals surface area (Å²) >= 11 is 7.24. The van der Waals surface area contributed by atoms with Gasteiger partial charge in [0.05, 0.1) is 10.8 Å². The molecule has 0 saturated heterocycles. The van der Waals surface area contributed by atoms with Gasteiger partial charge in [-0.25, -0.2) is 4.98 Å². The molecule has 0 fully saturated rings. The number of thiazole rings is 1. The minimum atomic E-state index is -0.458. The maximum absolute atomic E-state index is 10.6. The Bertz CT molecular complexity index is 545. The molecule has 0 aliphatic carbocycles. The van der Waals surface area contributed by atoms with E-state index in [4.69, 9.17) is 16.3 Å². The van der Waals surface area contributed by atoms with Gasteiger partial charge in [-0.1, -0.05) is 0 Å². The van der Waals surface area contributed by atoms with Gasteiger partial charge in [0.1, 0.15) is 17.4 Å². The van der Waals surface area contributed by atoms with Gasteiger partial charge in [-0.2, -0.15) is 0 Å². The zero-order valence-corrected chi connectivity index (χ0v) is 10.8. The molecule has 0 aliphatic heterocycles. The van der Waals surface area contributed by atoms with E-state index in [0.717, 1.165) is 5.01 Å². The molecule has 0 amide bonds. The molecular formula is C11H9ClN2O3S. The molecule has 7 heteroatoms. The lowest BCUT2D eigenvalue weighted by atomic mass is 10.2. The van der Waals surface area contributed by atoms with Gasteiger partial charge in [-0.05, 0) is 6.07 Å². The van der Waals surface area contributed by atoms with Gasteiger partial charge in [0.25, 0.3) is 5.69 Å². The molecule has 2 aromatic rings. The van der Waals surface area contributed by atoms with Crippen LogP contribution in [-0.2, 0) is 12.5 Å². The smallest absolute Gasteiger partial charge is 0.270 e. The Labute approximate surface area is 112 Å². The highest BCUT2D eigenvalue weighted by Crippen LogP contribution is 2.26. The average Bonchev–Trinajstić information content (AvgIpc) is 2.89. The predicted octanol–water partition coefficient (Wildman–Crippen LogP) is 3.37. The third-order valence-corrected chi connectivity index (χ3v) is 3.27. The van der Waals surface area contributed by atoms with Crippen LogP contribution in [0.15, 0.2) is 29.8 Å². The average molecular weight is 285 g/mol. The van der Waals surface area contributed by atoms with Crippen molar-refractivity contribution in [2.75, 3.05) is 0 Å². The number of non-ortho nitro benzene ring substituents is 1. The van der Waals surface area contributed by atoms with E-state index >= 15 is 0 Å². The van der Waals surface area contributed by atoms with Gasteiger partial charge in [0.2, 0.25) is 0 Å². The lowest BCUT2D eigenvalue weighted by Gasteiger charge is -2.08. The van der Waals surface area contributed by atoms with Crippen molar-refractivity contribution in [2.24, 2.45) is 0 Å². The monoisotopic (exact) mass is 284 g/mol. The van der Waals surface area contributed by atoms with Crippen molar-refractivity contribution in [3.8, 4) is 5.75 Å². The third kappa shape index (κ3) is 2.96. The van der Waals surface area contributed by atoms with Crippen LogP contribution in [0, 0.1) is 10.1 Å². The fraction of sp³-hybridized carbons (Fsp3) is 0.182. The van der Waals surface area contributed by atoms with E-state index in [9.17, 15) is 10.1 Å². The Kier molecular flexibility index (Phi) is 4.11. The number of nitro groups is 1. The molecule has 0 spiro atoms. The lowest BCUT2D eigenvalue weighted by molar-refractivity contribution is -0.384. The van der Waals surface area contributed by atoms with Gasteiger partial charge >= 0.3 is 0 Å². The Morgan fingerprint density at radius 1 is 1.50 bits per heavy atom. The normalized spacial score (nSPS) is 10.3. The minimum Gasteiger partial charge on any atom is -0.486 e. The molecule has 0 atom stereocenters. The van der Waals surface area contributed by atoms with E-state index in [-0.39, 0.29) is 11.6 Å². The number of halogens is 1. The molecule has 1 aromatic heterocycles. The fourth-order valence-electron chi connectivity index (χ4n) is 1.39. The standard InChI is InChI=1S/C11H9ClN2O3S/c12-6-8-5-9(14(15)16)1-2-10(8)17-7-11-13-3-4-18-11/h1-5H,6-7H2. The van der Waals surface area contributed by atoms with Gasteiger partial charge in [-0.3, -0.25) is 10.1 Å². The molecule has 94 valence electrons. The molecule has 5 nitrogen and oxygen atoms in total. The number of nitro benzene ring substituents is 1. The maximum Gasteiger partial charge on any atom is 0.270 e. The zero-order chi connectivity index (χ0) is 13.0. The molecule has 18 heavy (non-hydrogen) atoms. The summed E-state index contributed by atoms with van der Waals surface area (Å²) in [6, 6.07) is 4.38. The van der Waals surface area contributed by atoms with Crippen molar-refractivity contribution in [3.63, 3.8) is 0 Å². The van der Waals surface area contributed by atoms with Gasteiger partial charge in [-0.15, -0.1) is 22.9 Å². The highest BCUT2D eigenvalue weighted by Gasteiger charge is 2.11. The molecule has 1 aromatic carbocycles. The highest BCUT2D eigenvalue weighted by atomic mass is 35.5. The molecule has 0 bridgehead atoms. The summed E-state index contributed by atoms with van der Waals surface area (Å²) in [5.41, 5.74) is 0.606. The van der Waals surface area contributed by atoms with Crippen molar-refractivity contribution in [1.29, 1.82) is 0 Å². The van der Waals surface area contributed by atoms with E-state index in [2.05, 4.69) is 4.98 Å². The SMILES string of the molecule is O=[N+]([O-])c1ccc(OCc2nccs2)c(CCl)c1. The van der Waals surface area contributed by atoms with Crippen LogP contribution in [0.4, 0.5) is 5.69 Å². The Morgan fingerprint density at radius 3 is 2.94 bits per heavy atom. The van der Waals surface area contributed by atoms with Crippen LogP contribution in [0.5, 0.6) is 5.75 Å². The van der Waals surface area contributed by atoms with Crippen LogP contribution in [0.2, 0.25) is 0 Å². The van der Waals surface area contributed by atoms with Gasteiger partial charge < -0.3 is 4.74 Å². The largest absolute Gasteiger partial charge is 0.486 e. The van der Waals surface area contributed by atoms with Crippen LogP contribution in [0.25, 0.3) is 0 Å². The summed E-state index contributed by atoms with van der Waals surface area (Å²) in [5.74, 6) is 0.709. The lowest BCUT2D eigenvalue weighted by Crippen LogP contribution is -1.98. The van der Waals surface area contributed by atoms with E-state index in [1.165, 1.54) is 23.5 Å². The zero-order valence-electron chi connectivity index (χ0n) is 9.21. The summed E-state index contributed by atoms with van der Waals surface area (Å²) in [7, 11) is 0. The summed E-state index contributed by atoms with van der Waals surface area (Å²) in [6.07, 6.45) is 1.70. The first-order chi connectivity index (χ1) is 8.70. The van der Waals surface area contributed by atoms with E-state index in [1.54, 1.807) is 12.3 Å². The number of rotatable bonds is 5. The van der Waals surface area contributed by atoms with E-state index in [0.29, 0.717) is 17.9 Å². The van der Waals surface area contributed by atoms with Crippen LogP contribution < -0.4 is 4.74 Å². The number of alkyl halides is 1. The molecule has 0 saturated carbocycles. The first-order valence-corrected chi connectivity index (χ1v) is 6.46. The topological polar surface area (TPSA) is 65.3 Å². The maximum atomic E-state index is 10.6. The number of hydrogen-bond donors (Lipinski definition) is 0. The molecule has 0 N–H and O–H groups in total. The molecule has 0 unspecified atom stereocenters. The minimum absolute atomic E-state index is 0.00671. The highest BCUT2D eigenvalue weighted by molar-refractivity contribution is 7.09. The number of nitrogens with zero attached hydrogens (tertiary/aromatic N) is 2. The van der Waals surface area contributed by atoms with Crippen molar-refractivity contribution < 1.29 is 9.66 Å². The molecular weight excluding hydrogens is 276 g/mol. The molecule has 2 rings (SSSR count). The van der Waals surface area contributed by atoms with Crippen LogP contribution in [0.1, 0.15) is 10.6 Å². The quantitative estimate of drug-likeness (QED) is 0.480. The molecule has 1 heterocycles. The Balaban J connectivity index is 2.14.